The summed E-state index contributed by atoms with van der Waals surface area (Å²) >= 11 is 6.14. The van der Waals surface area contributed by atoms with E-state index in [-0.39, 0.29) is 11.8 Å². The Morgan fingerprint density at radius 1 is 1.22 bits per heavy atom. The molecule has 0 unspecified atom stereocenters. The molecule has 0 bridgehead atoms. The molecule has 0 atom stereocenters. The van der Waals surface area contributed by atoms with Crippen LogP contribution in [0.5, 0.6) is 0 Å². The Hall–Kier alpha value is -2.37. The van der Waals surface area contributed by atoms with Gasteiger partial charge in [0.05, 0.1) is 17.6 Å². The van der Waals surface area contributed by atoms with Gasteiger partial charge in [0, 0.05) is 16.6 Å². The minimum atomic E-state index is 0.0373. The topological polar surface area (TPSA) is 61.0 Å². The lowest BCUT2D eigenvalue weighted by Gasteiger charge is -2.30. The van der Waals surface area contributed by atoms with Gasteiger partial charge in [-0.05, 0) is 62.7 Å². The van der Waals surface area contributed by atoms with Crippen LogP contribution in [0.1, 0.15) is 24.2 Å². The lowest BCUT2D eigenvalue weighted by molar-refractivity contribution is -0.121. The number of fused-ring (bicyclic) bond motifs is 1. The quantitative estimate of drug-likeness (QED) is 0.704. The van der Waals surface area contributed by atoms with Crippen molar-refractivity contribution in [2.45, 2.75) is 26.3 Å². The van der Waals surface area contributed by atoms with Gasteiger partial charge in [-0.15, -0.1) is 0 Å². The van der Waals surface area contributed by atoms with Crippen LogP contribution >= 0.6 is 11.6 Å². The molecule has 1 aromatic heterocycles. The number of H-pyrrole nitrogens is 1. The number of piperidine rings is 1. The Morgan fingerprint density at radius 2 is 2.00 bits per heavy atom. The molecule has 27 heavy (non-hydrogen) atoms. The summed E-state index contributed by atoms with van der Waals surface area (Å²) in [5.41, 5.74) is 3.78. The van der Waals surface area contributed by atoms with Crippen LogP contribution in [0.25, 0.3) is 11.0 Å². The van der Waals surface area contributed by atoms with Crippen molar-refractivity contribution in [3.05, 3.63) is 58.9 Å². The molecule has 140 valence electrons. The Bertz CT molecular complexity index is 927. The lowest BCUT2D eigenvalue weighted by Crippen LogP contribution is -2.38. The van der Waals surface area contributed by atoms with Crippen molar-refractivity contribution in [3.8, 4) is 0 Å². The van der Waals surface area contributed by atoms with Gasteiger partial charge in [-0.1, -0.05) is 29.8 Å². The van der Waals surface area contributed by atoms with Crippen LogP contribution in [0.15, 0.2) is 42.5 Å². The molecule has 1 amide bonds. The number of aromatic amines is 1. The third-order valence-corrected chi connectivity index (χ3v) is 5.71. The van der Waals surface area contributed by atoms with E-state index in [2.05, 4.69) is 20.2 Å². The fourth-order valence-electron chi connectivity index (χ4n) is 3.62. The van der Waals surface area contributed by atoms with Crippen LogP contribution in [0.2, 0.25) is 5.02 Å². The van der Waals surface area contributed by atoms with Crippen molar-refractivity contribution in [2.24, 2.45) is 5.92 Å². The summed E-state index contributed by atoms with van der Waals surface area (Å²) in [6, 6.07) is 13.7. The highest BCUT2D eigenvalue weighted by Crippen LogP contribution is 2.25. The first-order valence-electron chi connectivity index (χ1n) is 9.32. The van der Waals surface area contributed by atoms with E-state index in [4.69, 9.17) is 11.6 Å². The highest BCUT2D eigenvalue weighted by atomic mass is 35.5. The SMILES string of the molecule is Cc1c(Cl)cccc1NC(=O)C1CCN(Cc2nc3ccccc3[nH]2)CC1. The molecule has 1 aliphatic heterocycles. The number of nitrogens with one attached hydrogen (secondary N) is 2. The molecule has 2 heterocycles. The average Bonchev–Trinajstić information content (AvgIpc) is 3.08. The second kappa shape index (κ2) is 7.71. The van der Waals surface area contributed by atoms with E-state index in [0.717, 1.165) is 60.6 Å². The number of benzene rings is 2. The first kappa shape index (κ1) is 18.0. The van der Waals surface area contributed by atoms with Crippen LogP contribution in [0.4, 0.5) is 5.69 Å². The molecular formula is C21H23ClN4O. The van der Waals surface area contributed by atoms with Crippen molar-refractivity contribution in [2.75, 3.05) is 18.4 Å². The predicted octanol–water partition coefficient (Wildman–Crippen LogP) is 4.38. The molecule has 1 aliphatic rings. The first-order chi connectivity index (χ1) is 13.1. The smallest absolute Gasteiger partial charge is 0.227 e. The fourth-order valence-corrected chi connectivity index (χ4v) is 3.80. The highest BCUT2D eigenvalue weighted by Gasteiger charge is 2.26. The summed E-state index contributed by atoms with van der Waals surface area (Å²) < 4.78 is 0. The highest BCUT2D eigenvalue weighted by molar-refractivity contribution is 6.31. The van der Waals surface area contributed by atoms with Crippen LogP contribution in [-0.2, 0) is 11.3 Å². The molecule has 1 saturated heterocycles. The molecule has 1 fully saturated rings. The fraction of sp³-hybridized carbons (Fsp3) is 0.333. The number of halogens is 1. The summed E-state index contributed by atoms with van der Waals surface area (Å²) in [6.45, 7) is 4.50. The zero-order valence-corrected chi connectivity index (χ0v) is 16.1. The van der Waals surface area contributed by atoms with Gasteiger partial charge in [0.15, 0.2) is 0 Å². The number of para-hydroxylation sites is 2. The number of rotatable bonds is 4. The van der Waals surface area contributed by atoms with Crippen molar-refractivity contribution in [3.63, 3.8) is 0 Å². The summed E-state index contributed by atoms with van der Waals surface area (Å²) in [4.78, 5) is 23.0. The normalized spacial score (nSPS) is 15.9. The van der Waals surface area contributed by atoms with Gasteiger partial charge >= 0.3 is 0 Å². The number of anilines is 1. The predicted molar refractivity (Wildman–Crippen MR) is 109 cm³/mol. The number of carbonyl (C=O) groups excluding carboxylic acids is 1. The largest absolute Gasteiger partial charge is 0.341 e. The van der Waals surface area contributed by atoms with E-state index in [9.17, 15) is 4.79 Å². The second-order valence-electron chi connectivity index (χ2n) is 7.15. The van der Waals surface area contributed by atoms with Gasteiger partial charge in [-0.25, -0.2) is 4.98 Å². The summed E-state index contributed by atoms with van der Waals surface area (Å²) in [5.74, 6) is 1.10. The molecule has 3 aromatic rings. The minimum Gasteiger partial charge on any atom is -0.341 e. The van der Waals surface area contributed by atoms with Crippen LogP contribution in [0, 0.1) is 12.8 Å². The number of imidazole rings is 1. The van der Waals surface area contributed by atoms with E-state index in [0.29, 0.717) is 5.02 Å². The van der Waals surface area contributed by atoms with E-state index in [1.165, 1.54) is 0 Å². The van der Waals surface area contributed by atoms with Crippen molar-refractivity contribution >= 4 is 34.2 Å². The molecule has 6 heteroatoms. The summed E-state index contributed by atoms with van der Waals surface area (Å²) in [6.07, 6.45) is 1.71. The van der Waals surface area contributed by atoms with Crippen LogP contribution < -0.4 is 5.32 Å². The Labute approximate surface area is 163 Å². The first-order valence-corrected chi connectivity index (χ1v) is 9.70. The monoisotopic (exact) mass is 382 g/mol. The Kier molecular flexibility index (Phi) is 5.14. The van der Waals surface area contributed by atoms with Gasteiger partial charge in [0.2, 0.25) is 5.91 Å². The number of amides is 1. The summed E-state index contributed by atoms with van der Waals surface area (Å²) in [5, 5.41) is 3.72. The third kappa shape index (κ3) is 3.99. The van der Waals surface area contributed by atoms with Crippen LogP contribution in [-0.4, -0.2) is 33.9 Å². The van der Waals surface area contributed by atoms with Gasteiger partial charge in [-0.3, -0.25) is 9.69 Å². The number of nitrogens with zero attached hydrogens (tertiary/aromatic N) is 2. The molecule has 2 aromatic carbocycles. The number of aromatic nitrogens is 2. The maximum Gasteiger partial charge on any atom is 0.227 e. The Balaban J connectivity index is 1.33. The minimum absolute atomic E-state index is 0.0373. The zero-order chi connectivity index (χ0) is 18.8. The molecule has 0 spiro atoms. The molecule has 0 saturated carbocycles. The van der Waals surface area contributed by atoms with E-state index >= 15 is 0 Å². The van der Waals surface area contributed by atoms with Crippen molar-refractivity contribution in [1.29, 1.82) is 0 Å². The van der Waals surface area contributed by atoms with Gasteiger partial charge in [0.25, 0.3) is 0 Å². The third-order valence-electron chi connectivity index (χ3n) is 5.30. The standard InChI is InChI=1S/C21H23ClN4O/c1-14-16(22)5-4-8-17(14)25-21(27)15-9-11-26(12-10-15)13-20-23-18-6-2-3-7-19(18)24-20/h2-8,15H,9-13H2,1H3,(H,23,24)(H,25,27). The average molecular weight is 383 g/mol. The molecule has 4 rings (SSSR count). The van der Waals surface area contributed by atoms with Crippen LogP contribution in [0.3, 0.4) is 0 Å². The molecule has 0 aliphatic carbocycles. The van der Waals surface area contributed by atoms with Crippen molar-refractivity contribution in [1.82, 2.24) is 14.9 Å². The number of hydrogen-bond donors (Lipinski definition) is 2. The zero-order valence-electron chi connectivity index (χ0n) is 15.3. The molecule has 2 N–H and O–H groups in total. The molecule has 5 nitrogen and oxygen atoms in total. The summed E-state index contributed by atoms with van der Waals surface area (Å²) in [7, 11) is 0. The van der Waals surface area contributed by atoms with E-state index in [1.807, 2.05) is 49.4 Å². The lowest BCUT2D eigenvalue weighted by atomic mass is 9.95. The van der Waals surface area contributed by atoms with Crippen molar-refractivity contribution < 1.29 is 4.79 Å². The van der Waals surface area contributed by atoms with Gasteiger partial charge < -0.3 is 10.3 Å². The number of hydrogen-bond acceptors (Lipinski definition) is 3. The number of likely N-dealkylation sites (tertiary alicyclic amines) is 1. The Morgan fingerprint density at radius 3 is 2.78 bits per heavy atom. The number of carbonyl (C=O) groups is 1. The van der Waals surface area contributed by atoms with E-state index in [1.54, 1.807) is 0 Å². The van der Waals surface area contributed by atoms with Gasteiger partial charge in [-0.2, -0.15) is 0 Å². The molecular weight excluding hydrogens is 360 g/mol. The maximum absolute atomic E-state index is 12.6. The van der Waals surface area contributed by atoms with Gasteiger partial charge in [0.1, 0.15) is 5.82 Å². The second-order valence-corrected chi connectivity index (χ2v) is 7.56. The molecule has 0 radical (unpaired) electrons. The van der Waals surface area contributed by atoms with E-state index < -0.39 is 0 Å². The maximum atomic E-state index is 12.6.